The lowest BCUT2D eigenvalue weighted by Crippen LogP contribution is -2.61. The van der Waals surface area contributed by atoms with Crippen LogP contribution >= 0.6 is 0 Å². The first-order valence-corrected chi connectivity index (χ1v) is 17.7. The molecule has 0 radical (unpaired) electrons. The molecule has 0 aromatic heterocycles. The third-order valence-electron chi connectivity index (χ3n) is 12.7. The Bertz CT molecular complexity index is 2010. The zero-order valence-corrected chi connectivity index (χ0v) is 27.0. The Hall–Kier alpha value is -4.24. The third kappa shape index (κ3) is 3.78. The molecule has 3 fully saturated rings. The lowest BCUT2D eigenvalue weighted by molar-refractivity contribution is 0.00967. The van der Waals surface area contributed by atoms with Gasteiger partial charge in [0.25, 0.3) is 6.71 Å². The lowest BCUT2D eigenvalue weighted by Gasteiger charge is -2.56. The molecule has 0 spiro atoms. The van der Waals surface area contributed by atoms with Crippen LogP contribution in [0.5, 0.6) is 0 Å². The molecule has 2 heterocycles. The highest BCUT2D eigenvalue weighted by molar-refractivity contribution is 7.00. The van der Waals surface area contributed by atoms with E-state index < -0.39 is 0 Å². The average molecular weight is 597 g/mol. The smallest absolute Gasteiger partial charge is 0.252 e. The SMILES string of the molecule is Cc1ccc2c(c1)B1c3ccccc3N(c3ccccc3)c3cc(C45CCC6CCC(CC6C4)C5)cc(c31)N2c1ccccc1C. The van der Waals surface area contributed by atoms with E-state index in [-0.39, 0.29) is 12.1 Å². The predicted octanol–water partition coefficient (Wildman–Crippen LogP) is 9.24. The van der Waals surface area contributed by atoms with Crippen molar-refractivity contribution >= 4 is 57.2 Å². The summed E-state index contributed by atoms with van der Waals surface area (Å²) >= 11 is 0. The number of hydrogen-bond acceptors (Lipinski definition) is 2. The van der Waals surface area contributed by atoms with E-state index in [4.69, 9.17) is 0 Å². The number of rotatable bonds is 3. The van der Waals surface area contributed by atoms with E-state index in [0.717, 1.165) is 17.8 Å². The van der Waals surface area contributed by atoms with E-state index in [2.05, 4.69) is 133 Å². The van der Waals surface area contributed by atoms with Crippen molar-refractivity contribution in [2.45, 2.75) is 64.2 Å². The van der Waals surface area contributed by atoms with Crippen LogP contribution in [0.3, 0.4) is 0 Å². The van der Waals surface area contributed by atoms with E-state index in [1.54, 1.807) is 5.56 Å². The molecule has 5 aromatic carbocycles. The molecule has 226 valence electrons. The lowest BCUT2D eigenvalue weighted by atomic mass is 9.33. The monoisotopic (exact) mass is 596 g/mol. The fraction of sp³-hybridized carbons (Fsp3) is 0.302. The summed E-state index contributed by atoms with van der Waals surface area (Å²) in [6.45, 7) is 4.71. The van der Waals surface area contributed by atoms with Gasteiger partial charge in [0.1, 0.15) is 0 Å². The molecule has 0 saturated heterocycles. The minimum absolute atomic E-state index is 0.185. The van der Waals surface area contributed by atoms with Gasteiger partial charge in [0.15, 0.2) is 0 Å². The number of para-hydroxylation sites is 3. The van der Waals surface area contributed by atoms with Gasteiger partial charge in [-0.25, -0.2) is 0 Å². The average Bonchev–Trinajstić information content (AvgIpc) is 3.08. The van der Waals surface area contributed by atoms with Gasteiger partial charge in [-0.1, -0.05) is 78.7 Å². The number of anilines is 6. The van der Waals surface area contributed by atoms with Crippen molar-refractivity contribution in [1.29, 1.82) is 0 Å². The minimum atomic E-state index is 0.185. The van der Waals surface area contributed by atoms with E-state index in [0.29, 0.717) is 0 Å². The largest absolute Gasteiger partial charge is 0.311 e. The summed E-state index contributed by atoms with van der Waals surface area (Å²) in [4.78, 5) is 5.23. The summed E-state index contributed by atoms with van der Waals surface area (Å²) in [6.07, 6.45) is 9.86. The standard InChI is InChI=1S/C43H41BN2/c1-28-16-19-39-36(22-28)44-35-13-7-9-15-38(35)45(34-11-4-3-5-12-34)40-24-33(43-21-20-31-18-17-30(26-43)23-32(31)27-43)25-41(42(40)44)46(39)37-14-8-6-10-29(37)2/h3-16,19,22,24-25,30-32H,17-18,20-21,23,26-27H2,1-2H3. The molecule has 0 amide bonds. The van der Waals surface area contributed by atoms with Gasteiger partial charge in [-0.15, -0.1) is 0 Å². The number of aryl methyl sites for hydroxylation is 2. The first kappa shape index (κ1) is 26.9. The van der Waals surface area contributed by atoms with Gasteiger partial charge in [0.05, 0.1) is 0 Å². The van der Waals surface area contributed by atoms with Gasteiger partial charge in [-0.2, -0.15) is 0 Å². The molecule has 3 aliphatic carbocycles. The topological polar surface area (TPSA) is 6.48 Å². The molecule has 46 heavy (non-hydrogen) atoms. The molecule has 2 nitrogen and oxygen atoms in total. The third-order valence-corrected chi connectivity index (χ3v) is 12.7. The van der Waals surface area contributed by atoms with Crippen molar-refractivity contribution < 1.29 is 0 Å². The summed E-state index contributed by atoms with van der Waals surface area (Å²) < 4.78 is 0. The maximum atomic E-state index is 2.68. The maximum absolute atomic E-state index is 2.68. The number of hydrogen-bond donors (Lipinski definition) is 0. The van der Waals surface area contributed by atoms with Crippen molar-refractivity contribution in [3.63, 3.8) is 0 Å². The summed E-state index contributed by atoms with van der Waals surface area (Å²) in [7, 11) is 0. The Morgan fingerprint density at radius 2 is 1.35 bits per heavy atom. The van der Waals surface area contributed by atoms with Crippen molar-refractivity contribution in [1.82, 2.24) is 0 Å². The quantitative estimate of drug-likeness (QED) is 0.188. The molecular formula is C43H41BN2. The Balaban J connectivity index is 1.31. The molecule has 4 atom stereocenters. The van der Waals surface area contributed by atoms with E-state index in [1.165, 1.54) is 107 Å². The molecule has 5 aliphatic rings. The van der Waals surface area contributed by atoms with E-state index in [1.807, 2.05) is 0 Å². The highest BCUT2D eigenvalue weighted by Gasteiger charge is 2.51. The first-order chi connectivity index (χ1) is 22.6. The summed E-state index contributed by atoms with van der Waals surface area (Å²) in [5.74, 6) is 2.75. The Labute approximate surface area is 274 Å². The second-order valence-corrected chi connectivity index (χ2v) is 15.2. The van der Waals surface area contributed by atoms with Crippen LogP contribution in [0.25, 0.3) is 0 Å². The molecule has 0 N–H and O–H groups in total. The van der Waals surface area contributed by atoms with Gasteiger partial charge in [-0.05, 0) is 146 Å². The first-order valence-electron chi connectivity index (χ1n) is 17.7. The predicted molar refractivity (Wildman–Crippen MR) is 194 cm³/mol. The van der Waals surface area contributed by atoms with Gasteiger partial charge < -0.3 is 9.80 Å². The minimum Gasteiger partial charge on any atom is -0.311 e. The number of fused-ring (bicyclic) bond motifs is 6. The summed E-state index contributed by atoms with van der Waals surface area (Å²) in [5.41, 5.74) is 16.7. The molecule has 3 heteroatoms. The molecule has 3 saturated carbocycles. The molecule has 5 aromatic rings. The van der Waals surface area contributed by atoms with Crippen LogP contribution in [0.15, 0.2) is 109 Å². The zero-order chi connectivity index (χ0) is 30.6. The molecule has 10 rings (SSSR count). The van der Waals surface area contributed by atoms with Crippen LogP contribution in [0.2, 0.25) is 0 Å². The van der Waals surface area contributed by atoms with Crippen molar-refractivity contribution in [2.24, 2.45) is 17.8 Å². The van der Waals surface area contributed by atoms with Gasteiger partial charge in [0.2, 0.25) is 0 Å². The van der Waals surface area contributed by atoms with Crippen molar-refractivity contribution in [2.75, 3.05) is 9.80 Å². The van der Waals surface area contributed by atoms with Crippen LogP contribution < -0.4 is 26.2 Å². The van der Waals surface area contributed by atoms with Crippen LogP contribution in [0.1, 0.15) is 61.6 Å². The van der Waals surface area contributed by atoms with Crippen LogP contribution in [-0.4, -0.2) is 6.71 Å². The van der Waals surface area contributed by atoms with Crippen LogP contribution in [-0.2, 0) is 5.41 Å². The summed E-state index contributed by atoms with van der Waals surface area (Å²) in [5, 5.41) is 0. The Morgan fingerprint density at radius 3 is 2.20 bits per heavy atom. The molecule has 4 unspecified atom stereocenters. The fourth-order valence-electron chi connectivity index (χ4n) is 10.7. The highest BCUT2D eigenvalue weighted by Crippen LogP contribution is 2.60. The molecular weight excluding hydrogens is 555 g/mol. The summed E-state index contributed by atoms with van der Waals surface area (Å²) in [6, 6.07) is 41.9. The highest BCUT2D eigenvalue weighted by atomic mass is 15.2. The van der Waals surface area contributed by atoms with Gasteiger partial charge >= 0.3 is 0 Å². The second kappa shape index (κ2) is 9.88. The fourth-order valence-corrected chi connectivity index (χ4v) is 10.7. The van der Waals surface area contributed by atoms with E-state index >= 15 is 0 Å². The maximum Gasteiger partial charge on any atom is 0.252 e. The molecule has 2 aliphatic heterocycles. The number of benzene rings is 5. The zero-order valence-electron chi connectivity index (χ0n) is 27.0. The van der Waals surface area contributed by atoms with Gasteiger partial charge in [-0.3, -0.25) is 0 Å². The van der Waals surface area contributed by atoms with Crippen molar-refractivity contribution in [3.05, 3.63) is 126 Å². The Morgan fingerprint density at radius 1 is 0.609 bits per heavy atom. The van der Waals surface area contributed by atoms with Crippen molar-refractivity contribution in [3.8, 4) is 0 Å². The molecule has 3 bridgehead atoms. The van der Waals surface area contributed by atoms with E-state index in [9.17, 15) is 0 Å². The van der Waals surface area contributed by atoms with Crippen LogP contribution in [0.4, 0.5) is 34.1 Å². The van der Waals surface area contributed by atoms with Crippen LogP contribution in [0, 0.1) is 31.6 Å². The number of nitrogens with zero attached hydrogens (tertiary/aromatic N) is 2. The second-order valence-electron chi connectivity index (χ2n) is 15.2. The van der Waals surface area contributed by atoms with Gasteiger partial charge in [0, 0.05) is 34.1 Å². The normalized spacial score (nSPS) is 25.2. The Kier molecular flexibility index (Phi) is 5.79.